The quantitative estimate of drug-likeness (QED) is 0.0715. The summed E-state index contributed by atoms with van der Waals surface area (Å²) in [5.41, 5.74) is 1.26. The first-order chi connectivity index (χ1) is 23.7. The molecule has 4 aromatic carbocycles. The molecule has 0 spiro atoms. The molecule has 0 unspecified atom stereocenters. The van der Waals surface area contributed by atoms with Crippen molar-refractivity contribution in [3.8, 4) is 11.5 Å². The Morgan fingerprint density at radius 3 is 1.24 bits per heavy atom. The molecule has 0 aromatic heterocycles. The Morgan fingerprint density at radius 1 is 0.608 bits per heavy atom. The third-order valence-electron chi connectivity index (χ3n) is 6.07. The zero-order chi connectivity index (χ0) is 38.0. The minimum atomic E-state index is -4.86. The average Bonchev–Trinajstić information content (AvgIpc) is 3.04. The van der Waals surface area contributed by atoms with Crippen LogP contribution in [0.25, 0.3) is 0 Å². The van der Waals surface area contributed by atoms with Crippen LogP contribution in [0, 0.1) is 0 Å². The molecule has 20 heteroatoms. The molecular formula is C31H26F6N2O8S4. The predicted molar refractivity (Wildman–Crippen MR) is 182 cm³/mol. The maximum atomic E-state index is 12.3. The van der Waals surface area contributed by atoms with Gasteiger partial charge in [0.15, 0.2) is 11.6 Å². The van der Waals surface area contributed by atoms with Crippen molar-refractivity contribution in [3.05, 3.63) is 108 Å². The number of hydrogen-bond acceptors (Lipinski definition) is 10. The van der Waals surface area contributed by atoms with E-state index in [0.717, 1.165) is 48.5 Å². The van der Waals surface area contributed by atoms with Crippen molar-refractivity contribution in [3.63, 3.8) is 0 Å². The summed E-state index contributed by atoms with van der Waals surface area (Å²) in [6.45, 7) is 0. The van der Waals surface area contributed by atoms with Crippen molar-refractivity contribution in [2.75, 3.05) is 27.2 Å². The Labute approximate surface area is 298 Å². The number of carbonyl (C=O) groups excluding carboxylic acids is 2. The van der Waals surface area contributed by atoms with Crippen molar-refractivity contribution in [1.82, 2.24) is 0 Å². The molecule has 0 atom stereocenters. The lowest BCUT2D eigenvalue weighted by Crippen LogP contribution is -2.17. The van der Waals surface area contributed by atoms with Gasteiger partial charge in [0.05, 0.1) is 21.3 Å². The lowest BCUT2D eigenvalue weighted by atomic mass is 10.1. The summed E-state index contributed by atoms with van der Waals surface area (Å²) in [6.07, 6.45) is -7.91. The minimum Gasteiger partial charge on any atom is -0.406 e. The van der Waals surface area contributed by atoms with Crippen LogP contribution in [0.2, 0.25) is 0 Å². The Hall–Kier alpha value is -4.40. The van der Waals surface area contributed by atoms with Gasteiger partial charge in [0.1, 0.15) is 11.5 Å². The number of Topliss-reactive ketones (excluding diaryl/α,β-unsaturated/α-hetero) is 2. The second-order valence-corrected chi connectivity index (χ2v) is 14.4. The third kappa shape index (κ3) is 13.3. The Kier molecular flexibility index (Phi) is 13.8. The van der Waals surface area contributed by atoms with Crippen LogP contribution >= 0.6 is 24.4 Å². The summed E-state index contributed by atoms with van der Waals surface area (Å²) >= 11 is 5.24. The van der Waals surface area contributed by atoms with E-state index in [-0.39, 0.29) is 38.5 Å². The first kappa shape index (κ1) is 41.0. The van der Waals surface area contributed by atoms with Gasteiger partial charge in [0.25, 0.3) is 20.0 Å². The van der Waals surface area contributed by atoms with Gasteiger partial charge in [0.2, 0.25) is 0 Å². The van der Waals surface area contributed by atoms with Crippen LogP contribution in [0.4, 0.5) is 37.7 Å². The number of benzene rings is 4. The minimum absolute atomic E-state index is 0.0252. The molecule has 2 N–H and O–H groups in total. The van der Waals surface area contributed by atoms with E-state index in [2.05, 4.69) is 31.5 Å². The van der Waals surface area contributed by atoms with Crippen LogP contribution in [-0.4, -0.2) is 58.9 Å². The number of thiol groups is 1. The molecule has 0 saturated carbocycles. The van der Waals surface area contributed by atoms with Crippen molar-refractivity contribution in [2.45, 2.75) is 22.5 Å². The second-order valence-electron chi connectivity index (χ2n) is 9.84. The summed E-state index contributed by atoms with van der Waals surface area (Å²) in [6, 6.07) is 19.1. The van der Waals surface area contributed by atoms with Gasteiger partial charge in [-0.3, -0.25) is 19.0 Å². The Balaban J connectivity index is 0.000000276. The van der Waals surface area contributed by atoms with Gasteiger partial charge in [-0.05, 0) is 103 Å². The molecule has 4 rings (SSSR count). The number of hydrogen-bond donors (Lipinski definition) is 3. The topological polar surface area (TPSA) is 145 Å². The van der Waals surface area contributed by atoms with Gasteiger partial charge in [-0.15, -0.1) is 26.3 Å². The van der Waals surface area contributed by atoms with Gasteiger partial charge in [-0.1, -0.05) is 0 Å². The molecule has 10 nitrogen and oxygen atoms in total. The standard InChI is InChI=1S/C16H14F3NO4S2.C15H12F3NO4S2/c1-25-10-15(21)11-2-4-12(5-3-11)20-26(22,23)14-8-6-13(7-9-14)24-16(17,18)19;16-15(17,18)23-12-5-7-13(8-6-12)25(21,22)19-11-3-1-10(2-4-11)14(20)9-24/h2-9,20H,10H2,1H3;1-8,19,24H,9H2. The van der Waals surface area contributed by atoms with Gasteiger partial charge in [0, 0.05) is 22.5 Å². The van der Waals surface area contributed by atoms with Crippen LogP contribution in [0.5, 0.6) is 11.5 Å². The van der Waals surface area contributed by atoms with Crippen molar-refractivity contribution >= 4 is 67.4 Å². The SMILES string of the molecule is CSCC(=O)c1ccc(NS(=O)(=O)c2ccc(OC(F)(F)F)cc2)cc1.O=C(CS)c1ccc(NS(=O)(=O)c2ccc(OC(F)(F)F)cc2)cc1. The number of rotatable bonds is 13. The van der Waals surface area contributed by atoms with Gasteiger partial charge < -0.3 is 9.47 Å². The zero-order valence-electron chi connectivity index (χ0n) is 25.9. The maximum Gasteiger partial charge on any atom is 0.573 e. The normalized spacial score (nSPS) is 11.8. The molecule has 0 radical (unpaired) electrons. The van der Waals surface area contributed by atoms with Crippen LogP contribution in [0.3, 0.4) is 0 Å². The number of carbonyl (C=O) groups is 2. The van der Waals surface area contributed by atoms with Crippen molar-refractivity contribution in [2.24, 2.45) is 0 Å². The highest BCUT2D eigenvalue weighted by Crippen LogP contribution is 2.26. The van der Waals surface area contributed by atoms with Gasteiger partial charge >= 0.3 is 12.7 Å². The first-order valence-corrected chi connectivity index (χ1v) is 18.8. The lowest BCUT2D eigenvalue weighted by molar-refractivity contribution is -0.275. The molecule has 0 bridgehead atoms. The van der Waals surface area contributed by atoms with E-state index in [1.807, 2.05) is 0 Å². The Morgan fingerprint density at radius 2 is 0.941 bits per heavy atom. The van der Waals surface area contributed by atoms with E-state index in [1.54, 1.807) is 6.26 Å². The molecule has 51 heavy (non-hydrogen) atoms. The molecule has 0 aliphatic rings. The predicted octanol–water partition coefficient (Wildman–Crippen LogP) is 7.43. The van der Waals surface area contributed by atoms with E-state index < -0.39 is 44.3 Å². The van der Waals surface area contributed by atoms with E-state index >= 15 is 0 Å². The highest BCUT2D eigenvalue weighted by atomic mass is 32.2. The molecule has 0 aliphatic carbocycles. The highest BCUT2D eigenvalue weighted by molar-refractivity contribution is 7.99. The number of alkyl halides is 6. The summed E-state index contributed by atoms with van der Waals surface area (Å²) in [4.78, 5) is 22.7. The first-order valence-electron chi connectivity index (χ1n) is 13.8. The number of anilines is 2. The largest absolute Gasteiger partial charge is 0.573 e. The van der Waals surface area contributed by atoms with E-state index in [4.69, 9.17) is 0 Å². The lowest BCUT2D eigenvalue weighted by Gasteiger charge is -2.11. The zero-order valence-corrected chi connectivity index (χ0v) is 29.2. The van der Waals surface area contributed by atoms with Gasteiger partial charge in [-0.2, -0.15) is 24.4 Å². The van der Waals surface area contributed by atoms with Crippen LogP contribution in [0.15, 0.2) is 107 Å². The van der Waals surface area contributed by atoms with Gasteiger partial charge in [-0.25, -0.2) is 16.8 Å². The summed E-state index contributed by atoms with van der Waals surface area (Å²) in [5, 5.41) is 0. The van der Waals surface area contributed by atoms with Crippen molar-refractivity contribution < 1.29 is 62.2 Å². The average molecular weight is 797 g/mol. The van der Waals surface area contributed by atoms with Crippen LogP contribution in [0.1, 0.15) is 20.7 Å². The monoisotopic (exact) mass is 796 g/mol. The number of thioether (sulfide) groups is 1. The van der Waals surface area contributed by atoms with Crippen LogP contribution in [-0.2, 0) is 20.0 Å². The van der Waals surface area contributed by atoms with E-state index in [1.165, 1.54) is 60.3 Å². The Bertz CT molecular complexity index is 2010. The fraction of sp³-hybridized carbons (Fsp3) is 0.161. The fourth-order valence-corrected chi connectivity index (χ4v) is 6.55. The number of halogens is 6. The fourth-order valence-electron chi connectivity index (χ4n) is 3.82. The van der Waals surface area contributed by atoms with E-state index in [9.17, 15) is 52.8 Å². The second kappa shape index (κ2) is 17.2. The molecule has 0 saturated heterocycles. The molecule has 0 heterocycles. The number of sulfonamides is 2. The highest BCUT2D eigenvalue weighted by Gasteiger charge is 2.32. The molecule has 0 fully saturated rings. The number of ether oxygens (including phenoxy) is 2. The van der Waals surface area contributed by atoms with Crippen LogP contribution < -0.4 is 18.9 Å². The van der Waals surface area contributed by atoms with Crippen molar-refractivity contribution in [1.29, 1.82) is 0 Å². The summed E-state index contributed by atoms with van der Waals surface area (Å²) < 4.78 is 134. The molecular weight excluding hydrogens is 771 g/mol. The number of nitrogens with one attached hydrogen (secondary N) is 2. The third-order valence-corrected chi connectivity index (χ3v) is 9.70. The van der Waals surface area contributed by atoms with E-state index in [0.29, 0.717) is 16.9 Å². The molecule has 0 aliphatic heterocycles. The molecule has 4 aromatic rings. The number of ketones is 2. The maximum absolute atomic E-state index is 12.3. The summed E-state index contributed by atoms with van der Waals surface area (Å²) in [5.74, 6) is -0.992. The molecule has 0 amide bonds. The molecule has 274 valence electrons. The smallest absolute Gasteiger partial charge is 0.406 e. The summed E-state index contributed by atoms with van der Waals surface area (Å²) in [7, 11) is -7.99.